The van der Waals surface area contributed by atoms with E-state index >= 15 is 0 Å². The van der Waals surface area contributed by atoms with E-state index in [2.05, 4.69) is 15.9 Å². The Morgan fingerprint density at radius 3 is 2.00 bits per heavy atom. The zero-order valence-corrected chi connectivity index (χ0v) is 3.88. The van der Waals surface area contributed by atoms with Gasteiger partial charge in [0.25, 0.3) is 0 Å². The summed E-state index contributed by atoms with van der Waals surface area (Å²) in [4.78, 5) is 0. The van der Waals surface area contributed by atoms with Crippen LogP contribution < -0.4 is 0 Å². The molecular weight excluding hydrogens is 118 g/mol. The van der Waals surface area contributed by atoms with Gasteiger partial charge in [0.05, 0.1) is 0 Å². The summed E-state index contributed by atoms with van der Waals surface area (Å²) in [5.74, 6) is 0. The molecule has 0 saturated heterocycles. The number of hydrogen-bond donors (Lipinski definition) is 0. The quantitative estimate of drug-likeness (QED) is 0.471. The molecule has 4 heavy (non-hydrogen) atoms. The first kappa shape index (κ1) is 4.44. The molecule has 0 aromatic carbocycles. The molecule has 0 bridgehead atoms. The van der Waals surface area contributed by atoms with E-state index in [0.29, 0.717) is 6.54 Å². The van der Waals surface area contributed by atoms with E-state index in [4.69, 9.17) is 5.73 Å². The van der Waals surface area contributed by atoms with E-state index in [1.165, 1.54) is 0 Å². The maximum Gasteiger partial charge on any atom is -0.0159 e. The molecule has 0 saturated carbocycles. The highest BCUT2D eigenvalue weighted by molar-refractivity contribution is 9.09. The number of hydrogen-bond acceptors (Lipinski definition) is 0. The standard InChI is InChI=1S/C2H5BrN/c3-1-2-4/h4H,1-2H2/q-1. The molecule has 0 heterocycles. The first-order valence-electron chi connectivity index (χ1n) is 1.12. The summed E-state index contributed by atoms with van der Waals surface area (Å²) in [6.07, 6.45) is 0. The van der Waals surface area contributed by atoms with Crippen molar-refractivity contribution in [2.75, 3.05) is 11.9 Å². The van der Waals surface area contributed by atoms with Gasteiger partial charge in [0.15, 0.2) is 0 Å². The molecule has 2 heteroatoms. The van der Waals surface area contributed by atoms with Gasteiger partial charge in [0.2, 0.25) is 0 Å². The van der Waals surface area contributed by atoms with Crippen molar-refractivity contribution in [2.24, 2.45) is 0 Å². The maximum absolute atomic E-state index is 6.40. The topological polar surface area (TPSA) is 23.8 Å². The van der Waals surface area contributed by atoms with Crippen LogP contribution in [0.3, 0.4) is 0 Å². The number of alkyl halides is 1. The lowest BCUT2D eigenvalue weighted by molar-refractivity contribution is 1.41. The van der Waals surface area contributed by atoms with E-state index < -0.39 is 0 Å². The molecule has 0 spiro atoms. The zero-order chi connectivity index (χ0) is 3.41. The monoisotopic (exact) mass is 122 g/mol. The molecule has 0 aliphatic rings. The average Bonchev–Trinajstić information content (AvgIpc) is 1.37. The summed E-state index contributed by atoms with van der Waals surface area (Å²) in [5, 5.41) is 0.799. The van der Waals surface area contributed by atoms with Crippen LogP contribution in [0.5, 0.6) is 0 Å². The second-order valence-electron chi connectivity index (χ2n) is 0.439. The lowest BCUT2D eigenvalue weighted by Crippen LogP contribution is -1.66. The normalized spacial score (nSPS) is 7.50. The lowest BCUT2D eigenvalue weighted by atomic mass is 10.8. The van der Waals surface area contributed by atoms with Crippen LogP contribution in [0.2, 0.25) is 0 Å². The Labute approximate surface area is 34.3 Å². The van der Waals surface area contributed by atoms with Crippen molar-refractivity contribution >= 4 is 15.9 Å². The van der Waals surface area contributed by atoms with E-state index in [1.807, 2.05) is 0 Å². The van der Waals surface area contributed by atoms with Crippen molar-refractivity contribution in [3.05, 3.63) is 5.73 Å². The fourth-order valence-corrected chi connectivity index (χ4v) is 0. The van der Waals surface area contributed by atoms with E-state index in [9.17, 15) is 0 Å². The van der Waals surface area contributed by atoms with Gasteiger partial charge in [0, 0.05) is 0 Å². The van der Waals surface area contributed by atoms with Crippen LogP contribution in [0, 0.1) is 0 Å². The van der Waals surface area contributed by atoms with Crippen LogP contribution in [0.1, 0.15) is 0 Å². The predicted molar refractivity (Wildman–Crippen MR) is 23.0 cm³/mol. The van der Waals surface area contributed by atoms with Crippen molar-refractivity contribution in [1.82, 2.24) is 0 Å². The molecule has 0 aliphatic heterocycles. The lowest BCUT2D eigenvalue weighted by Gasteiger charge is -1.82. The minimum absolute atomic E-state index is 0.486. The molecule has 0 unspecified atom stereocenters. The first-order chi connectivity index (χ1) is 1.91. The highest BCUT2D eigenvalue weighted by Crippen LogP contribution is 1.73. The molecule has 26 valence electrons. The molecule has 0 aromatic heterocycles. The number of nitrogens with one attached hydrogen (secondary N) is 1. The van der Waals surface area contributed by atoms with Crippen molar-refractivity contribution in [3.8, 4) is 0 Å². The van der Waals surface area contributed by atoms with Gasteiger partial charge in [-0.1, -0.05) is 15.9 Å². The van der Waals surface area contributed by atoms with Crippen LogP contribution in [0.25, 0.3) is 5.73 Å². The Hall–Kier alpha value is 0.440. The van der Waals surface area contributed by atoms with Crippen LogP contribution >= 0.6 is 15.9 Å². The van der Waals surface area contributed by atoms with Crippen LogP contribution in [-0.4, -0.2) is 11.9 Å². The molecule has 0 fully saturated rings. The number of rotatable bonds is 1. The summed E-state index contributed by atoms with van der Waals surface area (Å²) in [6.45, 7) is 0.486. The zero-order valence-electron chi connectivity index (χ0n) is 2.29. The van der Waals surface area contributed by atoms with E-state index in [1.54, 1.807) is 0 Å². The molecule has 0 aliphatic carbocycles. The Kier molecular flexibility index (Phi) is 3.82. The average molecular weight is 123 g/mol. The Balaban J connectivity index is 1.97. The van der Waals surface area contributed by atoms with Crippen molar-refractivity contribution in [2.45, 2.75) is 0 Å². The minimum Gasteiger partial charge on any atom is -0.677 e. The van der Waals surface area contributed by atoms with Gasteiger partial charge in [-0.2, -0.15) is 0 Å². The molecule has 0 radical (unpaired) electrons. The second kappa shape index (κ2) is 3.44. The van der Waals surface area contributed by atoms with E-state index in [0.717, 1.165) is 5.33 Å². The minimum atomic E-state index is 0.486. The fourth-order valence-electron chi connectivity index (χ4n) is 0. The SMILES string of the molecule is [NH-]CCBr. The fraction of sp³-hybridized carbons (Fsp3) is 1.00. The summed E-state index contributed by atoms with van der Waals surface area (Å²) < 4.78 is 0. The maximum atomic E-state index is 6.40. The summed E-state index contributed by atoms with van der Waals surface area (Å²) in [5.41, 5.74) is 6.40. The smallest absolute Gasteiger partial charge is 0.0159 e. The van der Waals surface area contributed by atoms with Crippen LogP contribution in [0.15, 0.2) is 0 Å². The van der Waals surface area contributed by atoms with Crippen LogP contribution in [0.4, 0.5) is 0 Å². The summed E-state index contributed by atoms with van der Waals surface area (Å²) in [7, 11) is 0. The third-order valence-electron chi connectivity index (χ3n) is 0.0945. The van der Waals surface area contributed by atoms with E-state index in [-0.39, 0.29) is 0 Å². The Morgan fingerprint density at radius 2 is 2.00 bits per heavy atom. The molecule has 1 nitrogen and oxygen atoms in total. The summed E-state index contributed by atoms with van der Waals surface area (Å²) in [6, 6.07) is 0. The van der Waals surface area contributed by atoms with Crippen molar-refractivity contribution in [3.63, 3.8) is 0 Å². The first-order valence-corrected chi connectivity index (χ1v) is 2.24. The van der Waals surface area contributed by atoms with Gasteiger partial charge in [-0.15, -0.1) is 6.54 Å². The largest absolute Gasteiger partial charge is 0.677 e. The Bertz CT molecular complexity index is 8.00. The van der Waals surface area contributed by atoms with Gasteiger partial charge in [0.1, 0.15) is 0 Å². The number of halogens is 1. The summed E-state index contributed by atoms with van der Waals surface area (Å²) >= 11 is 3.06. The highest BCUT2D eigenvalue weighted by Gasteiger charge is 1.48. The van der Waals surface area contributed by atoms with Gasteiger partial charge in [-0.05, 0) is 5.33 Å². The third kappa shape index (κ3) is 2.44. The second-order valence-corrected chi connectivity index (χ2v) is 1.23. The van der Waals surface area contributed by atoms with Crippen LogP contribution in [-0.2, 0) is 0 Å². The molecular formula is C2H5BrN-. The van der Waals surface area contributed by atoms with Gasteiger partial charge < -0.3 is 5.73 Å². The van der Waals surface area contributed by atoms with Crippen molar-refractivity contribution < 1.29 is 0 Å². The highest BCUT2D eigenvalue weighted by atomic mass is 79.9. The molecule has 0 rings (SSSR count). The third-order valence-corrected chi connectivity index (χ3v) is 0.491. The van der Waals surface area contributed by atoms with Crippen molar-refractivity contribution in [1.29, 1.82) is 0 Å². The van der Waals surface area contributed by atoms with Gasteiger partial charge in [-0.25, -0.2) is 0 Å². The molecule has 1 N–H and O–H groups in total. The van der Waals surface area contributed by atoms with Gasteiger partial charge >= 0.3 is 0 Å². The predicted octanol–water partition coefficient (Wildman–Crippen LogP) is 1.43. The molecule has 0 atom stereocenters. The molecule has 0 amide bonds. The Morgan fingerprint density at radius 1 is 1.75 bits per heavy atom. The molecule has 0 aromatic rings. The van der Waals surface area contributed by atoms with Gasteiger partial charge in [-0.3, -0.25) is 0 Å².